The third-order valence-corrected chi connectivity index (χ3v) is 5.82. The number of imidazole rings is 1. The molecule has 0 atom stereocenters. The number of rotatable bonds is 9. The Hall–Kier alpha value is -4.25. The number of methoxy groups -OCH3 is 1. The fraction of sp³-hybridized carbons (Fsp3) is 0.138. The monoisotopic (exact) mass is 449 g/mol. The van der Waals surface area contributed by atoms with Gasteiger partial charge in [0.2, 0.25) is 0 Å². The Bertz CT molecular complexity index is 1340. The molecule has 1 aromatic heterocycles. The highest BCUT2D eigenvalue weighted by molar-refractivity contribution is 5.81. The lowest BCUT2D eigenvalue weighted by Gasteiger charge is -2.10. The van der Waals surface area contributed by atoms with Crippen LogP contribution in [0, 0.1) is 0 Å². The van der Waals surface area contributed by atoms with Crippen LogP contribution in [-0.2, 0) is 13.0 Å². The van der Waals surface area contributed by atoms with Gasteiger partial charge in [-0.2, -0.15) is 0 Å². The normalized spacial score (nSPS) is 10.9. The van der Waals surface area contributed by atoms with Gasteiger partial charge in [0.25, 0.3) is 0 Å². The lowest BCUT2D eigenvalue weighted by atomic mass is 10.2. The molecule has 0 spiro atoms. The Morgan fingerprint density at radius 2 is 1.56 bits per heavy atom. The van der Waals surface area contributed by atoms with Crippen LogP contribution < -0.4 is 14.8 Å². The molecule has 5 nitrogen and oxygen atoms in total. The van der Waals surface area contributed by atoms with Crippen LogP contribution in [0.4, 0.5) is 5.69 Å². The first-order chi connectivity index (χ1) is 16.8. The van der Waals surface area contributed by atoms with E-state index in [9.17, 15) is 0 Å². The molecule has 0 saturated heterocycles. The standard InChI is InChI=1S/C29H27N3O2/c1-33-26-14-10-25(11-15-26)32-21-31-28-19-24(9-16-29(28)32)30-20-23-7-12-27(13-8-23)34-18-17-22-5-3-2-4-6-22/h2-16,19,21,30H,17-18,20H2,1H3. The molecule has 0 unspecified atom stereocenters. The predicted molar refractivity (Wildman–Crippen MR) is 137 cm³/mol. The summed E-state index contributed by atoms with van der Waals surface area (Å²) in [7, 11) is 1.67. The van der Waals surface area contributed by atoms with E-state index in [1.807, 2.05) is 48.8 Å². The molecular formula is C29H27N3O2. The quantitative estimate of drug-likeness (QED) is 0.288. The number of ether oxygens (including phenoxy) is 2. The number of fused-ring (bicyclic) bond motifs is 1. The van der Waals surface area contributed by atoms with Gasteiger partial charge in [-0.1, -0.05) is 42.5 Å². The van der Waals surface area contributed by atoms with Crippen molar-refractivity contribution in [2.75, 3.05) is 19.0 Å². The maximum absolute atomic E-state index is 5.89. The van der Waals surface area contributed by atoms with Crippen LogP contribution in [-0.4, -0.2) is 23.3 Å². The van der Waals surface area contributed by atoms with E-state index in [1.54, 1.807) is 7.11 Å². The molecule has 5 heteroatoms. The van der Waals surface area contributed by atoms with Crippen molar-refractivity contribution in [1.82, 2.24) is 9.55 Å². The number of aromatic nitrogens is 2. The van der Waals surface area contributed by atoms with Crippen molar-refractivity contribution in [2.45, 2.75) is 13.0 Å². The molecule has 0 aliphatic rings. The predicted octanol–water partition coefficient (Wildman–Crippen LogP) is 6.27. The van der Waals surface area contributed by atoms with E-state index in [4.69, 9.17) is 9.47 Å². The summed E-state index contributed by atoms with van der Waals surface area (Å²) < 4.78 is 13.2. The van der Waals surface area contributed by atoms with Crippen molar-refractivity contribution < 1.29 is 9.47 Å². The summed E-state index contributed by atoms with van der Waals surface area (Å²) in [5, 5.41) is 3.49. The first-order valence-electron chi connectivity index (χ1n) is 11.4. The molecular weight excluding hydrogens is 422 g/mol. The molecule has 34 heavy (non-hydrogen) atoms. The van der Waals surface area contributed by atoms with Crippen LogP contribution in [0.25, 0.3) is 16.7 Å². The van der Waals surface area contributed by atoms with Gasteiger partial charge in [-0.3, -0.25) is 4.57 Å². The van der Waals surface area contributed by atoms with Crippen molar-refractivity contribution in [3.05, 3.63) is 115 Å². The maximum Gasteiger partial charge on any atom is 0.119 e. The third kappa shape index (κ3) is 5.04. The molecule has 0 amide bonds. The zero-order chi connectivity index (χ0) is 23.2. The van der Waals surface area contributed by atoms with Gasteiger partial charge in [0.05, 0.1) is 24.8 Å². The average molecular weight is 450 g/mol. The highest BCUT2D eigenvalue weighted by atomic mass is 16.5. The highest BCUT2D eigenvalue weighted by Crippen LogP contribution is 2.23. The van der Waals surface area contributed by atoms with Crippen molar-refractivity contribution >= 4 is 16.7 Å². The van der Waals surface area contributed by atoms with Crippen molar-refractivity contribution in [3.8, 4) is 17.2 Å². The molecule has 0 aliphatic heterocycles. The zero-order valence-corrected chi connectivity index (χ0v) is 19.1. The molecule has 0 radical (unpaired) electrons. The molecule has 5 rings (SSSR count). The van der Waals surface area contributed by atoms with Gasteiger partial charge < -0.3 is 14.8 Å². The Balaban J connectivity index is 1.17. The second kappa shape index (κ2) is 10.1. The van der Waals surface area contributed by atoms with E-state index < -0.39 is 0 Å². The van der Waals surface area contributed by atoms with Gasteiger partial charge in [-0.25, -0.2) is 4.98 Å². The fourth-order valence-corrected chi connectivity index (χ4v) is 3.91. The topological polar surface area (TPSA) is 48.3 Å². The molecule has 1 N–H and O–H groups in total. The number of hydrogen-bond donors (Lipinski definition) is 1. The van der Waals surface area contributed by atoms with E-state index in [-0.39, 0.29) is 0 Å². The van der Waals surface area contributed by atoms with Gasteiger partial charge in [0.15, 0.2) is 0 Å². The summed E-state index contributed by atoms with van der Waals surface area (Å²) >= 11 is 0. The number of anilines is 1. The Morgan fingerprint density at radius 3 is 2.32 bits per heavy atom. The first-order valence-corrected chi connectivity index (χ1v) is 11.4. The number of benzene rings is 4. The number of nitrogens with zero attached hydrogens (tertiary/aromatic N) is 2. The van der Waals surface area contributed by atoms with Crippen LogP contribution in [0.15, 0.2) is 103 Å². The molecule has 0 aliphatic carbocycles. The zero-order valence-electron chi connectivity index (χ0n) is 19.1. The fourth-order valence-electron chi connectivity index (χ4n) is 3.91. The Morgan fingerprint density at radius 1 is 0.794 bits per heavy atom. The molecule has 4 aromatic carbocycles. The summed E-state index contributed by atoms with van der Waals surface area (Å²) in [6.45, 7) is 1.40. The van der Waals surface area contributed by atoms with Gasteiger partial charge in [0, 0.05) is 24.3 Å². The second-order valence-electron chi connectivity index (χ2n) is 8.10. The first kappa shape index (κ1) is 21.6. The Kier molecular flexibility index (Phi) is 6.43. The SMILES string of the molecule is COc1ccc(-n2cnc3cc(NCc4ccc(OCCc5ccccc5)cc4)ccc32)cc1. The van der Waals surface area contributed by atoms with Crippen molar-refractivity contribution in [1.29, 1.82) is 0 Å². The van der Waals surface area contributed by atoms with E-state index in [0.717, 1.165) is 46.9 Å². The van der Waals surface area contributed by atoms with Gasteiger partial charge in [-0.15, -0.1) is 0 Å². The van der Waals surface area contributed by atoms with Gasteiger partial charge in [-0.05, 0) is 65.7 Å². The van der Waals surface area contributed by atoms with E-state index in [0.29, 0.717) is 6.61 Å². The lowest BCUT2D eigenvalue weighted by molar-refractivity contribution is 0.322. The van der Waals surface area contributed by atoms with E-state index in [2.05, 4.69) is 69.5 Å². The van der Waals surface area contributed by atoms with Crippen LogP contribution in [0.3, 0.4) is 0 Å². The van der Waals surface area contributed by atoms with E-state index in [1.165, 1.54) is 11.1 Å². The van der Waals surface area contributed by atoms with Crippen molar-refractivity contribution in [3.63, 3.8) is 0 Å². The summed E-state index contributed by atoms with van der Waals surface area (Å²) in [5.74, 6) is 1.73. The van der Waals surface area contributed by atoms with Crippen LogP contribution in [0.2, 0.25) is 0 Å². The summed E-state index contributed by atoms with van der Waals surface area (Å²) in [6.07, 6.45) is 2.76. The molecule has 0 saturated carbocycles. The minimum atomic E-state index is 0.671. The Labute approximate surface area is 199 Å². The molecule has 1 heterocycles. The molecule has 170 valence electrons. The maximum atomic E-state index is 5.89. The molecule has 0 fully saturated rings. The molecule has 0 bridgehead atoms. The minimum Gasteiger partial charge on any atom is -0.497 e. The average Bonchev–Trinajstić information content (AvgIpc) is 3.32. The van der Waals surface area contributed by atoms with Crippen LogP contribution in [0.1, 0.15) is 11.1 Å². The largest absolute Gasteiger partial charge is 0.497 e. The number of hydrogen-bond acceptors (Lipinski definition) is 4. The molecule has 5 aromatic rings. The third-order valence-electron chi connectivity index (χ3n) is 5.82. The van der Waals surface area contributed by atoms with Gasteiger partial charge in [0.1, 0.15) is 17.8 Å². The summed E-state index contributed by atoms with van der Waals surface area (Å²) in [4.78, 5) is 4.59. The number of nitrogens with one attached hydrogen (secondary N) is 1. The summed E-state index contributed by atoms with van der Waals surface area (Å²) in [5.41, 5.74) is 6.58. The summed E-state index contributed by atoms with van der Waals surface area (Å²) in [6, 6.07) is 32.9. The van der Waals surface area contributed by atoms with Crippen LogP contribution >= 0.6 is 0 Å². The lowest BCUT2D eigenvalue weighted by Crippen LogP contribution is -2.02. The van der Waals surface area contributed by atoms with Crippen LogP contribution in [0.5, 0.6) is 11.5 Å². The van der Waals surface area contributed by atoms with Crippen molar-refractivity contribution in [2.24, 2.45) is 0 Å². The smallest absolute Gasteiger partial charge is 0.119 e. The van der Waals surface area contributed by atoms with E-state index >= 15 is 0 Å². The minimum absolute atomic E-state index is 0.671. The highest BCUT2D eigenvalue weighted by Gasteiger charge is 2.06. The second-order valence-corrected chi connectivity index (χ2v) is 8.10. The van der Waals surface area contributed by atoms with Gasteiger partial charge >= 0.3 is 0 Å².